The number of aliphatic hydroxyl groups is 1. The molecule has 0 aliphatic carbocycles. The molecule has 4 rings (SSSR count). The normalized spacial score (nSPS) is 29.2. The Bertz CT molecular complexity index is 731. The lowest BCUT2D eigenvalue weighted by molar-refractivity contribution is 0.00551. The van der Waals surface area contributed by atoms with Crippen molar-refractivity contribution in [2.75, 3.05) is 26.2 Å². The summed E-state index contributed by atoms with van der Waals surface area (Å²) < 4.78 is 0. The molecule has 3 unspecified atom stereocenters. The van der Waals surface area contributed by atoms with Gasteiger partial charge >= 0.3 is 0 Å². The van der Waals surface area contributed by atoms with Gasteiger partial charge < -0.3 is 5.11 Å². The first-order chi connectivity index (χ1) is 13.6. The summed E-state index contributed by atoms with van der Waals surface area (Å²) in [6.07, 6.45) is 5.02. The second kappa shape index (κ2) is 8.77. The molecular weight excluding hydrogens is 344 g/mol. The molecule has 3 heteroatoms. The molecule has 0 aromatic heterocycles. The fourth-order valence-corrected chi connectivity index (χ4v) is 5.07. The van der Waals surface area contributed by atoms with Crippen LogP contribution in [0.2, 0.25) is 0 Å². The Kier molecular flexibility index (Phi) is 6.15. The minimum Gasteiger partial charge on any atom is -0.388 e. The Balaban J connectivity index is 1.39. The highest BCUT2D eigenvalue weighted by Crippen LogP contribution is 2.31. The summed E-state index contributed by atoms with van der Waals surface area (Å²) in [6.45, 7) is 6.90. The van der Waals surface area contributed by atoms with E-state index < -0.39 is 5.60 Å². The number of rotatable bonds is 6. The standard InChI is InChI=1S/C25H34N2O/c1-25(28)20-26(17-22-12-6-3-7-13-22)18-23(25)19-27-15-9-8-14-24(27)16-21-10-4-2-5-11-21/h2-7,10-13,23-24,28H,8-9,14-20H2,1H3. The third kappa shape index (κ3) is 4.83. The van der Waals surface area contributed by atoms with Crippen molar-refractivity contribution in [2.45, 2.75) is 50.8 Å². The topological polar surface area (TPSA) is 26.7 Å². The van der Waals surface area contributed by atoms with Gasteiger partial charge in [0, 0.05) is 38.1 Å². The van der Waals surface area contributed by atoms with E-state index in [9.17, 15) is 5.11 Å². The fourth-order valence-electron chi connectivity index (χ4n) is 5.07. The minimum atomic E-state index is -0.608. The zero-order chi connectivity index (χ0) is 19.4. The van der Waals surface area contributed by atoms with E-state index in [0.29, 0.717) is 12.0 Å². The van der Waals surface area contributed by atoms with Crippen LogP contribution >= 0.6 is 0 Å². The van der Waals surface area contributed by atoms with Gasteiger partial charge in [-0.15, -0.1) is 0 Å². The number of hydrogen-bond donors (Lipinski definition) is 1. The van der Waals surface area contributed by atoms with E-state index in [1.807, 2.05) is 6.92 Å². The number of benzene rings is 2. The van der Waals surface area contributed by atoms with Crippen LogP contribution < -0.4 is 0 Å². The molecule has 0 spiro atoms. The highest BCUT2D eigenvalue weighted by Gasteiger charge is 2.42. The maximum atomic E-state index is 11.1. The minimum absolute atomic E-state index is 0.313. The molecular formula is C25H34N2O. The third-order valence-corrected chi connectivity index (χ3v) is 6.67. The van der Waals surface area contributed by atoms with E-state index in [1.54, 1.807) is 0 Å². The quantitative estimate of drug-likeness (QED) is 0.824. The molecule has 2 fully saturated rings. The van der Waals surface area contributed by atoms with Crippen LogP contribution in [-0.2, 0) is 13.0 Å². The summed E-state index contributed by atoms with van der Waals surface area (Å²) in [4.78, 5) is 5.10. The molecule has 0 saturated carbocycles. The van der Waals surface area contributed by atoms with E-state index in [4.69, 9.17) is 0 Å². The average Bonchev–Trinajstić information content (AvgIpc) is 2.98. The van der Waals surface area contributed by atoms with Crippen molar-refractivity contribution >= 4 is 0 Å². The molecule has 3 atom stereocenters. The smallest absolute Gasteiger partial charge is 0.0798 e. The van der Waals surface area contributed by atoms with Gasteiger partial charge in [0.15, 0.2) is 0 Å². The maximum Gasteiger partial charge on any atom is 0.0798 e. The summed E-state index contributed by atoms with van der Waals surface area (Å²) in [5, 5.41) is 11.1. The van der Waals surface area contributed by atoms with Gasteiger partial charge in [0.25, 0.3) is 0 Å². The van der Waals surface area contributed by atoms with Crippen LogP contribution in [0.4, 0.5) is 0 Å². The predicted molar refractivity (Wildman–Crippen MR) is 115 cm³/mol. The summed E-state index contributed by atoms with van der Waals surface area (Å²) in [7, 11) is 0. The van der Waals surface area contributed by atoms with Gasteiger partial charge in [-0.2, -0.15) is 0 Å². The first kappa shape index (κ1) is 19.6. The summed E-state index contributed by atoms with van der Waals surface area (Å²) in [5.74, 6) is 0.313. The van der Waals surface area contributed by atoms with Crippen LogP contribution in [0.25, 0.3) is 0 Å². The van der Waals surface area contributed by atoms with Crippen LogP contribution in [0.15, 0.2) is 60.7 Å². The third-order valence-electron chi connectivity index (χ3n) is 6.67. The SMILES string of the molecule is CC1(O)CN(Cc2ccccc2)CC1CN1CCCCC1Cc1ccccc1. The zero-order valence-corrected chi connectivity index (χ0v) is 17.1. The van der Waals surface area contributed by atoms with E-state index in [1.165, 1.54) is 36.9 Å². The second-order valence-electron chi connectivity index (χ2n) is 9.04. The molecule has 150 valence electrons. The summed E-state index contributed by atoms with van der Waals surface area (Å²) in [5.41, 5.74) is 2.16. The molecule has 2 saturated heterocycles. The molecule has 2 heterocycles. The van der Waals surface area contributed by atoms with Gasteiger partial charge in [0.05, 0.1) is 5.60 Å². The van der Waals surface area contributed by atoms with E-state index in [-0.39, 0.29) is 0 Å². The Morgan fingerprint density at radius 2 is 1.64 bits per heavy atom. The number of hydrogen-bond acceptors (Lipinski definition) is 3. The Morgan fingerprint density at radius 3 is 2.36 bits per heavy atom. The molecule has 1 N–H and O–H groups in total. The van der Waals surface area contributed by atoms with Gasteiger partial charge in [-0.1, -0.05) is 67.1 Å². The Hall–Kier alpha value is -1.68. The van der Waals surface area contributed by atoms with Crippen molar-refractivity contribution in [1.82, 2.24) is 9.80 Å². The highest BCUT2D eigenvalue weighted by atomic mass is 16.3. The summed E-state index contributed by atoms with van der Waals surface area (Å²) >= 11 is 0. The lowest BCUT2D eigenvalue weighted by Gasteiger charge is -2.39. The van der Waals surface area contributed by atoms with Crippen LogP contribution in [0.5, 0.6) is 0 Å². The van der Waals surface area contributed by atoms with E-state index in [0.717, 1.165) is 32.6 Å². The van der Waals surface area contributed by atoms with Crippen molar-refractivity contribution in [1.29, 1.82) is 0 Å². The second-order valence-corrected chi connectivity index (χ2v) is 9.04. The van der Waals surface area contributed by atoms with Crippen molar-refractivity contribution in [3.05, 3.63) is 71.8 Å². The van der Waals surface area contributed by atoms with Crippen LogP contribution in [0, 0.1) is 5.92 Å². The van der Waals surface area contributed by atoms with E-state index >= 15 is 0 Å². The van der Waals surface area contributed by atoms with Crippen LogP contribution in [0.1, 0.15) is 37.3 Å². The number of nitrogens with zero attached hydrogens (tertiary/aromatic N) is 2. The monoisotopic (exact) mass is 378 g/mol. The van der Waals surface area contributed by atoms with Gasteiger partial charge in [0.2, 0.25) is 0 Å². The lowest BCUT2D eigenvalue weighted by Crippen LogP contribution is -2.48. The zero-order valence-electron chi connectivity index (χ0n) is 17.1. The lowest BCUT2D eigenvalue weighted by atomic mass is 9.89. The number of likely N-dealkylation sites (tertiary alicyclic amines) is 2. The van der Waals surface area contributed by atoms with Crippen LogP contribution in [0.3, 0.4) is 0 Å². The average molecular weight is 379 g/mol. The molecule has 2 aliphatic heterocycles. The molecule has 0 bridgehead atoms. The molecule has 0 radical (unpaired) electrons. The van der Waals surface area contributed by atoms with Gasteiger partial charge in [-0.25, -0.2) is 0 Å². The molecule has 28 heavy (non-hydrogen) atoms. The van der Waals surface area contributed by atoms with E-state index in [2.05, 4.69) is 70.5 Å². The Labute approximate surface area is 170 Å². The first-order valence-corrected chi connectivity index (χ1v) is 10.9. The summed E-state index contributed by atoms with van der Waals surface area (Å²) in [6, 6.07) is 22.1. The molecule has 3 nitrogen and oxygen atoms in total. The number of piperidine rings is 1. The highest BCUT2D eigenvalue weighted by molar-refractivity contribution is 5.17. The van der Waals surface area contributed by atoms with Gasteiger partial charge in [-0.05, 0) is 43.9 Å². The van der Waals surface area contributed by atoms with Crippen molar-refractivity contribution in [3.63, 3.8) is 0 Å². The molecule has 2 aliphatic rings. The van der Waals surface area contributed by atoms with Gasteiger partial charge in [0.1, 0.15) is 0 Å². The predicted octanol–water partition coefficient (Wildman–Crippen LogP) is 3.97. The van der Waals surface area contributed by atoms with Crippen molar-refractivity contribution < 1.29 is 5.11 Å². The van der Waals surface area contributed by atoms with Crippen LogP contribution in [-0.4, -0.2) is 52.7 Å². The fraction of sp³-hybridized carbons (Fsp3) is 0.520. The number of β-amino-alcohol motifs (C(OH)–C–C–N with tert-alkyl or cyclic N) is 1. The van der Waals surface area contributed by atoms with Gasteiger partial charge in [-0.3, -0.25) is 9.80 Å². The largest absolute Gasteiger partial charge is 0.388 e. The Morgan fingerprint density at radius 1 is 0.964 bits per heavy atom. The molecule has 2 aromatic carbocycles. The maximum absolute atomic E-state index is 11.1. The molecule has 0 amide bonds. The molecule has 2 aromatic rings. The van der Waals surface area contributed by atoms with Crippen molar-refractivity contribution in [3.8, 4) is 0 Å². The van der Waals surface area contributed by atoms with Crippen molar-refractivity contribution in [2.24, 2.45) is 5.92 Å². The first-order valence-electron chi connectivity index (χ1n) is 10.9.